The van der Waals surface area contributed by atoms with Crippen LogP contribution in [0.15, 0.2) is 24.3 Å². The molecular formula is C12H20Si. The topological polar surface area (TPSA) is 0 Å². The summed E-state index contributed by atoms with van der Waals surface area (Å²) >= 11 is 0. The predicted molar refractivity (Wildman–Crippen MR) is 63.7 cm³/mol. The second kappa shape index (κ2) is 4.61. The zero-order chi connectivity index (χ0) is 9.84. The van der Waals surface area contributed by atoms with E-state index < -0.39 is 8.80 Å². The maximum absolute atomic E-state index is 2.37. The lowest BCUT2D eigenvalue weighted by Gasteiger charge is -2.10. The molecule has 0 heterocycles. The molecule has 1 aromatic rings. The lowest BCUT2D eigenvalue weighted by atomic mass is 9.99. The highest BCUT2D eigenvalue weighted by atomic mass is 28.3. The Balaban J connectivity index is 2.81. The first-order valence-electron chi connectivity index (χ1n) is 5.25. The first kappa shape index (κ1) is 10.5. The van der Waals surface area contributed by atoms with Crippen LogP contribution in [0.4, 0.5) is 0 Å². The fraction of sp³-hybridized carbons (Fsp3) is 0.500. The van der Waals surface area contributed by atoms with Gasteiger partial charge in [0.2, 0.25) is 0 Å². The second-order valence-corrected chi connectivity index (χ2v) is 7.11. The third-order valence-electron chi connectivity index (χ3n) is 2.78. The molecule has 0 saturated heterocycles. The number of benzene rings is 1. The van der Waals surface area contributed by atoms with Crippen LogP contribution in [0.3, 0.4) is 0 Å². The molecule has 72 valence electrons. The van der Waals surface area contributed by atoms with Crippen molar-refractivity contribution in [1.29, 1.82) is 0 Å². The summed E-state index contributed by atoms with van der Waals surface area (Å²) in [6.07, 6.45) is 1.23. The second-order valence-electron chi connectivity index (χ2n) is 4.13. The summed E-state index contributed by atoms with van der Waals surface area (Å²) in [4.78, 5) is 0. The van der Waals surface area contributed by atoms with Crippen molar-refractivity contribution in [1.82, 2.24) is 0 Å². The van der Waals surface area contributed by atoms with Crippen molar-refractivity contribution < 1.29 is 0 Å². The van der Waals surface area contributed by atoms with Crippen LogP contribution in [-0.4, -0.2) is 8.80 Å². The molecule has 1 heteroatoms. The van der Waals surface area contributed by atoms with Crippen LogP contribution in [0.2, 0.25) is 13.1 Å². The minimum absolute atomic E-state index is 0.590. The average Bonchev–Trinajstić information content (AvgIpc) is 2.17. The third kappa shape index (κ3) is 2.70. The molecule has 0 bridgehead atoms. The maximum Gasteiger partial charge on any atom is 0.0647 e. The van der Waals surface area contributed by atoms with E-state index in [1.165, 1.54) is 12.0 Å². The van der Waals surface area contributed by atoms with Gasteiger partial charge in [0.25, 0.3) is 0 Å². The van der Waals surface area contributed by atoms with Gasteiger partial charge in [-0.2, -0.15) is 0 Å². The van der Waals surface area contributed by atoms with Crippen LogP contribution in [-0.2, 0) is 0 Å². The SMILES string of the molecule is CCC(C)c1ccc([SiH](C)C)cc1. The zero-order valence-corrected chi connectivity index (χ0v) is 10.3. The molecule has 0 aromatic heterocycles. The first-order chi connectivity index (χ1) is 6.15. The summed E-state index contributed by atoms with van der Waals surface area (Å²) in [5.41, 5.74) is 1.49. The van der Waals surface area contributed by atoms with E-state index in [1.54, 1.807) is 5.19 Å². The predicted octanol–water partition coefficient (Wildman–Crippen LogP) is 2.89. The van der Waals surface area contributed by atoms with Crippen molar-refractivity contribution in [3.8, 4) is 0 Å². The van der Waals surface area contributed by atoms with Crippen LogP contribution >= 0.6 is 0 Å². The maximum atomic E-state index is 2.37. The molecule has 1 aromatic carbocycles. The minimum Gasteiger partial charge on any atom is -0.0682 e. The Morgan fingerprint density at radius 3 is 2.08 bits per heavy atom. The van der Waals surface area contributed by atoms with Gasteiger partial charge in [-0.3, -0.25) is 0 Å². The number of hydrogen-bond acceptors (Lipinski definition) is 0. The highest BCUT2D eigenvalue weighted by Gasteiger charge is 2.03. The first-order valence-corrected chi connectivity index (χ1v) is 8.13. The summed E-state index contributed by atoms with van der Waals surface area (Å²) in [7, 11) is -0.590. The Morgan fingerprint density at radius 2 is 1.69 bits per heavy atom. The zero-order valence-electron chi connectivity index (χ0n) is 9.17. The van der Waals surface area contributed by atoms with Gasteiger partial charge in [0.05, 0.1) is 8.80 Å². The Kier molecular flexibility index (Phi) is 3.73. The van der Waals surface area contributed by atoms with Gasteiger partial charge in [-0.25, -0.2) is 0 Å². The number of hydrogen-bond donors (Lipinski definition) is 0. The normalized spacial score (nSPS) is 13.3. The average molecular weight is 192 g/mol. The Labute approximate surface area is 83.6 Å². The van der Waals surface area contributed by atoms with Gasteiger partial charge in [-0.05, 0) is 17.9 Å². The summed E-state index contributed by atoms with van der Waals surface area (Å²) < 4.78 is 0. The van der Waals surface area contributed by atoms with E-state index in [2.05, 4.69) is 51.2 Å². The van der Waals surface area contributed by atoms with Crippen LogP contribution in [0.25, 0.3) is 0 Å². The van der Waals surface area contributed by atoms with Crippen molar-refractivity contribution in [3.63, 3.8) is 0 Å². The highest BCUT2D eigenvalue weighted by molar-refractivity contribution is 6.70. The Bertz CT molecular complexity index is 248. The Hall–Kier alpha value is -0.563. The molecule has 0 radical (unpaired) electrons. The molecule has 1 rings (SSSR count). The molecule has 0 N–H and O–H groups in total. The molecule has 0 amide bonds. The molecule has 13 heavy (non-hydrogen) atoms. The van der Waals surface area contributed by atoms with Crippen molar-refractivity contribution >= 4 is 14.0 Å². The largest absolute Gasteiger partial charge is 0.0682 e. The van der Waals surface area contributed by atoms with E-state index in [9.17, 15) is 0 Å². The highest BCUT2D eigenvalue weighted by Crippen LogP contribution is 2.16. The fourth-order valence-electron chi connectivity index (χ4n) is 1.45. The van der Waals surface area contributed by atoms with E-state index in [0.29, 0.717) is 5.92 Å². The van der Waals surface area contributed by atoms with Crippen molar-refractivity contribution in [2.24, 2.45) is 0 Å². The van der Waals surface area contributed by atoms with Crippen LogP contribution < -0.4 is 5.19 Å². The lowest BCUT2D eigenvalue weighted by molar-refractivity contribution is 0.734. The van der Waals surface area contributed by atoms with Gasteiger partial charge in [0.1, 0.15) is 0 Å². The van der Waals surface area contributed by atoms with E-state index in [4.69, 9.17) is 0 Å². The summed E-state index contributed by atoms with van der Waals surface area (Å²) in [5.74, 6) is 0.711. The smallest absolute Gasteiger partial charge is 0.0647 e. The van der Waals surface area contributed by atoms with E-state index in [-0.39, 0.29) is 0 Å². The van der Waals surface area contributed by atoms with Crippen LogP contribution in [0.1, 0.15) is 31.7 Å². The molecule has 0 fully saturated rings. The molecule has 0 aliphatic rings. The lowest BCUT2D eigenvalue weighted by Crippen LogP contribution is -2.22. The van der Waals surface area contributed by atoms with Gasteiger partial charge in [-0.15, -0.1) is 0 Å². The van der Waals surface area contributed by atoms with Crippen molar-refractivity contribution in [2.75, 3.05) is 0 Å². The molecule has 0 saturated carbocycles. The van der Waals surface area contributed by atoms with Crippen LogP contribution in [0.5, 0.6) is 0 Å². The monoisotopic (exact) mass is 192 g/mol. The standard InChI is InChI=1S/C12H20Si/c1-5-10(2)11-6-8-12(9-7-11)13(3)4/h6-10,13H,5H2,1-4H3. The molecule has 0 aliphatic carbocycles. The molecule has 0 aliphatic heterocycles. The van der Waals surface area contributed by atoms with Gasteiger partial charge in [0.15, 0.2) is 0 Å². The molecule has 1 unspecified atom stereocenters. The van der Waals surface area contributed by atoms with E-state index in [1.807, 2.05) is 0 Å². The van der Waals surface area contributed by atoms with Crippen molar-refractivity contribution in [2.45, 2.75) is 39.3 Å². The number of rotatable bonds is 3. The van der Waals surface area contributed by atoms with Gasteiger partial charge in [0, 0.05) is 0 Å². The molecular weight excluding hydrogens is 172 g/mol. The fourth-order valence-corrected chi connectivity index (χ4v) is 2.41. The molecule has 0 nitrogen and oxygen atoms in total. The van der Waals surface area contributed by atoms with Crippen LogP contribution in [0, 0.1) is 0 Å². The molecule has 1 atom stereocenters. The van der Waals surface area contributed by atoms with Gasteiger partial charge in [-0.1, -0.05) is 56.4 Å². The summed E-state index contributed by atoms with van der Waals surface area (Å²) in [6.45, 7) is 9.29. The molecule has 0 spiro atoms. The van der Waals surface area contributed by atoms with E-state index >= 15 is 0 Å². The van der Waals surface area contributed by atoms with Gasteiger partial charge >= 0.3 is 0 Å². The van der Waals surface area contributed by atoms with Crippen molar-refractivity contribution in [3.05, 3.63) is 29.8 Å². The Morgan fingerprint density at radius 1 is 1.15 bits per heavy atom. The third-order valence-corrected chi connectivity index (χ3v) is 4.50. The summed E-state index contributed by atoms with van der Waals surface area (Å²) in [5, 5.41) is 1.58. The van der Waals surface area contributed by atoms with Gasteiger partial charge < -0.3 is 0 Å². The quantitative estimate of drug-likeness (QED) is 0.646. The van der Waals surface area contributed by atoms with E-state index in [0.717, 1.165) is 0 Å². The minimum atomic E-state index is -0.590. The summed E-state index contributed by atoms with van der Waals surface area (Å²) in [6, 6.07) is 9.24.